The molecule has 0 spiro atoms. The van der Waals surface area contributed by atoms with Crippen molar-refractivity contribution in [2.75, 3.05) is 6.54 Å². The lowest BCUT2D eigenvalue weighted by atomic mass is 9.97. The van der Waals surface area contributed by atoms with Crippen molar-refractivity contribution in [3.8, 4) is 0 Å². The number of carbonyl (C=O) groups excluding carboxylic acids is 1. The molecule has 2 aromatic rings. The highest BCUT2D eigenvalue weighted by Crippen LogP contribution is 2.26. The van der Waals surface area contributed by atoms with Gasteiger partial charge in [0.25, 0.3) is 0 Å². The first kappa shape index (κ1) is 14.8. The van der Waals surface area contributed by atoms with Crippen LogP contribution in [0.2, 0.25) is 0 Å². The van der Waals surface area contributed by atoms with Crippen LogP contribution in [0.4, 0.5) is 4.79 Å². The summed E-state index contributed by atoms with van der Waals surface area (Å²) in [7, 11) is 0. The standard InChI is InChI=1S/C15H21N5O2/c1-15(2,22)11-6-5-9-19(11)14(21)16-10-13-18-17-12-7-3-4-8-20(12)13/h3-4,7-8,11,22H,5-6,9-10H2,1-2H3,(H,16,21). The van der Waals surface area contributed by atoms with Gasteiger partial charge >= 0.3 is 6.03 Å². The molecule has 2 amide bonds. The number of aromatic nitrogens is 3. The van der Waals surface area contributed by atoms with Crippen LogP contribution in [0.5, 0.6) is 0 Å². The summed E-state index contributed by atoms with van der Waals surface area (Å²) in [5.41, 5.74) is -0.141. The minimum Gasteiger partial charge on any atom is -0.388 e. The van der Waals surface area contributed by atoms with Crippen molar-refractivity contribution >= 4 is 11.7 Å². The van der Waals surface area contributed by atoms with E-state index < -0.39 is 5.60 Å². The minimum absolute atomic E-state index is 0.150. The van der Waals surface area contributed by atoms with Crippen molar-refractivity contribution in [2.24, 2.45) is 0 Å². The number of amides is 2. The molecule has 7 heteroatoms. The summed E-state index contributed by atoms with van der Waals surface area (Å²) >= 11 is 0. The lowest BCUT2D eigenvalue weighted by Gasteiger charge is -2.33. The monoisotopic (exact) mass is 303 g/mol. The number of pyridine rings is 1. The van der Waals surface area contributed by atoms with Crippen molar-refractivity contribution in [3.05, 3.63) is 30.2 Å². The zero-order valence-corrected chi connectivity index (χ0v) is 12.9. The van der Waals surface area contributed by atoms with E-state index in [1.807, 2.05) is 28.8 Å². The molecule has 2 N–H and O–H groups in total. The zero-order chi connectivity index (χ0) is 15.7. The van der Waals surface area contributed by atoms with E-state index in [9.17, 15) is 9.90 Å². The summed E-state index contributed by atoms with van der Waals surface area (Å²) < 4.78 is 1.84. The molecule has 0 bridgehead atoms. The van der Waals surface area contributed by atoms with Gasteiger partial charge < -0.3 is 15.3 Å². The highest BCUT2D eigenvalue weighted by Gasteiger charge is 2.38. The van der Waals surface area contributed by atoms with Crippen LogP contribution in [0.25, 0.3) is 5.65 Å². The topological polar surface area (TPSA) is 82.8 Å². The number of hydrogen-bond donors (Lipinski definition) is 2. The molecule has 0 aliphatic carbocycles. The Labute approximate surface area is 129 Å². The quantitative estimate of drug-likeness (QED) is 0.892. The number of nitrogens with one attached hydrogen (secondary N) is 1. The lowest BCUT2D eigenvalue weighted by molar-refractivity contribution is 0.00976. The smallest absolute Gasteiger partial charge is 0.318 e. The molecule has 1 atom stereocenters. The molecule has 1 unspecified atom stereocenters. The maximum Gasteiger partial charge on any atom is 0.318 e. The summed E-state index contributed by atoms with van der Waals surface area (Å²) in [5, 5.41) is 21.2. The Morgan fingerprint density at radius 2 is 2.27 bits per heavy atom. The fourth-order valence-electron chi connectivity index (χ4n) is 3.01. The molecule has 1 fully saturated rings. The van der Waals surface area contributed by atoms with Gasteiger partial charge in [0.15, 0.2) is 11.5 Å². The Hall–Kier alpha value is -2.15. The van der Waals surface area contributed by atoms with Gasteiger partial charge in [-0.2, -0.15) is 0 Å². The molecule has 118 valence electrons. The second-order valence-electron chi connectivity index (χ2n) is 6.21. The molecule has 1 aliphatic rings. The highest BCUT2D eigenvalue weighted by molar-refractivity contribution is 5.75. The van der Waals surface area contributed by atoms with Gasteiger partial charge in [-0.3, -0.25) is 4.40 Å². The van der Waals surface area contributed by atoms with Gasteiger partial charge in [0.2, 0.25) is 0 Å². The van der Waals surface area contributed by atoms with Gasteiger partial charge in [0.1, 0.15) is 0 Å². The molecular weight excluding hydrogens is 282 g/mol. The van der Waals surface area contributed by atoms with Gasteiger partial charge in [-0.1, -0.05) is 6.07 Å². The van der Waals surface area contributed by atoms with Gasteiger partial charge in [0.05, 0.1) is 18.2 Å². The minimum atomic E-state index is -0.893. The van der Waals surface area contributed by atoms with Crippen molar-refractivity contribution < 1.29 is 9.90 Å². The third-order valence-electron chi connectivity index (χ3n) is 4.11. The number of carbonyl (C=O) groups is 1. The fraction of sp³-hybridized carbons (Fsp3) is 0.533. The molecule has 3 heterocycles. The Morgan fingerprint density at radius 1 is 1.45 bits per heavy atom. The predicted molar refractivity (Wildman–Crippen MR) is 81.2 cm³/mol. The first-order chi connectivity index (χ1) is 10.5. The van der Waals surface area contributed by atoms with Gasteiger partial charge in [-0.05, 0) is 38.8 Å². The molecule has 1 saturated heterocycles. The molecule has 22 heavy (non-hydrogen) atoms. The lowest BCUT2D eigenvalue weighted by Crippen LogP contribution is -2.51. The van der Waals surface area contributed by atoms with E-state index in [4.69, 9.17) is 0 Å². The average molecular weight is 303 g/mol. The molecule has 7 nitrogen and oxygen atoms in total. The van der Waals surface area contributed by atoms with E-state index in [0.717, 1.165) is 18.5 Å². The van der Waals surface area contributed by atoms with Crippen LogP contribution in [0.1, 0.15) is 32.5 Å². The molecule has 2 aromatic heterocycles. The molecular formula is C15H21N5O2. The van der Waals surface area contributed by atoms with Crippen LogP contribution in [0, 0.1) is 0 Å². The Bertz CT molecular complexity index is 676. The number of nitrogens with zero attached hydrogens (tertiary/aromatic N) is 4. The van der Waals surface area contributed by atoms with Crippen molar-refractivity contribution in [3.63, 3.8) is 0 Å². The van der Waals surface area contributed by atoms with Crippen LogP contribution < -0.4 is 5.32 Å². The second kappa shape index (κ2) is 5.57. The number of urea groups is 1. The number of likely N-dealkylation sites (tertiary alicyclic amines) is 1. The van der Waals surface area contributed by atoms with Crippen LogP contribution >= 0.6 is 0 Å². The van der Waals surface area contributed by atoms with E-state index in [1.165, 1.54) is 0 Å². The van der Waals surface area contributed by atoms with E-state index in [0.29, 0.717) is 18.9 Å². The molecule has 3 rings (SSSR count). The van der Waals surface area contributed by atoms with Crippen LogP contribution in [-0.2, 0) is 6.54 Å². The van der Waals surface area contributed by atoms with E-state index in [1.54, 1.807) is 18.7 Å². The fourth-order valence-corrected chi connectivity index (χ4v) is 3.01. The first-order valence-electron chi connectivity index (χ1n) is 7.52. The van der Waals surface area contributed by atoms with Crippen LogP contribution in [0.15, 0.2) is 24.4 Å². The van der Waals surface area contributed by atoms with E-state index in [-0.39, 0.29) is 12.1 Å². The Morgan fingerprint density at radius 3 is 3.05 bits per heavy atom. The number of fused-ring (bicyclic) bond motifs is 1. The summed E-state index contributed by atoms with van der Waals surface area (Å²) in [5.74, 6) is 0.683. The van der Waals surface area contributed by atoms with Gasteiger partial charge in [0, 0.05) is 12.7 Å². The summed E-state index contributed by atoms with van der Waals surface area (Å²) in [4.78, 5) is 14.1. The van der Waals surface area contributed by atoms with Crippen molar-refractivity contribution in [2.45, 2.75) is 44.9 Å². The Kier molecular flexibility index (Phi) is 3.74. The largest absolute Gasteiger partial charge is 0.388 e. The SMILES string of the molecule is CC(C)(O)C1CCCN1C(=O)NCc1nnc2ccccn12. The van der Waals surface area contributed by atoms with E-state index in [2.05, 4.69) is 15.5 Å². The third-order valence-corrected chi connectivity index (χ3v) is 4.11. The maximum atomic E-state index is 12.4. The second-order valence-corrected chi connectivity index (χ2v) is 6.21. The van der Waals surface area contributed by atoms with Crippen molar-refractivity contribution in [1.82, 2.24) is 24.8 Å². The molecule has 0 aromatic carbocycles. The van der Waals surface area contributed by atoms with Crippen molar-refractivity contribution in [1.29, 1.82) is 0 Å². The first-order valence-corrected chi connectivity index (χ1v) is 7.52. The molecule has 1 aliphatic heterocycles. The summed E-state index contributed by atoms with van der Waals surface area (Å²) in [6.45, 7) is 4.46. The van der Waals surface area contributed by atoms with Crippen LogP contribution in [-0.4, -0.2) is 48.8 Å². The normalized spacial score (nSPS) is 18.9. The van der Waals surface area contributed by atoms with Crippen LogP contribution in [0.3, 0.4) is 0 Å². The predicted octanol–water partition coefficient (Wildman–Crippen LogP) is 1.17. The average Bonchev–Trinajstić information content (AvgIpc) is 3.11. The maximum absolute atomic E-state index is 12.4. The third kappa shape index (κ3) is 2.76. The summed E-state index contributed by atoms with van der Waals surface area (Å²) in [6.07, 6.45) is 3.60. The van der Waals surface area contributed by atoms with E-state index >= 15 is 0 Å². The Balaban J connectivity index is 1.67. The molecule has 0 saturated carbocycles. The number of aliphatic hydroxyl groups is 1. The highest BCUT2D eigenvalue weighted by atomic mass is 16.3. The summed E-state index contributed by atoms with van der Waals surface area (Å²) in [6, 6.07) is 5.33. The number of hydrogen-bond acceptors (Lipinski definition) is 4. The van der Waals surface area contributed by atoms with Gasteiger partial charge in [-0.15, -0.1) is 10.2 Å². The molecule has 0 radical (unpaired) electrons. The number of rotatable bonds is 3. The zero-order valence-electron chi connectivity index (χ0n) is 12.9. The van der Waals surface area contributed by atoms with Gasteiger partial charge in [-0.25, -0.2) is 4.79 Å².